The minimum absolute atomic E-state index is 0.140. The maximum absolute atomic E-state index is 12.7. The van der Waals surface area contributed by atoms with Crippen LogP contribution in [-0.4, -0.2) is 15.9 Å². The number of allylic oxidation sites excluding steroid dienone is 1. The molecule has 0 atom stereocenters. The molecule has 2 heterocycles. The first-order valence-electron chi connectivity index (χ1n) is 8.07. The predicted octanol–water partition coefficient (Wildman–Crippen LogP) is 5.61. The number of fused-ring (bicyclic) bond motifs is 1. The number of aromatic amines is 1. The van der Waals surface area contributed by atoms with Crippen LogP contribution in [0, 0.1) is 0 Å². The molecule has 7 heteroatoms. The molecule has 3 rings (SSSR count). The summed E-state index contributed by atoms with van der Waals surface area (Å²) in [5.41, 5.74) is 1.43. The lowest BCUT2D eigenvalue weighted by Crippen LogP contribution is -2.12. The van der Waals surface area contributed by atoms with Crippen molar-refractivity contribution in [2.75, 3.05) is 0 Å². The van der Waals surface area contributed by atoms with Crippen LogP contribution in [0.1, 0.15) is 18.2 Å². The van der Waals surface area contributed by atoms with E-state index in [1.165, 1.54) is 12.3 Å². The van der Waals surface area contributed by atoms with Gasteiger partial charge in [-0.25, -0.2) is 9.98 Å². The van der Waals surface area contributed by atoms with Crippen molar-refractivity contribution in [3.8, 4) is 5.75 Å². The highest BCUT2D eigenvalue weighted by Crippen LogP contribution is 2.29. The molecular weight excluding hydrogens is 355 g/mol. The Morgan fingerprint density at radius 3 is 2.67 bits per heavy atom. The van der Waals surface area contributed by atoms with Crippen LogP contribution in [0.25, 0.3) is 16.5 Å². The minimum Gasteiger partial charge on any atom is -0.437 e. The average molecular weight is 371 g/mol. The van der Waals surface area contributed by atoms with Gasteiger partial charge in [0.2, 0.25) is 5.90 Å². The lowest BCUT2D eigenvalue weighted by molar-refractivity contribution is -0.141. The summed E-state index contributed by atoms with van der Waals surface area (Å²) in [4.78, 5) is 10.7. The molecule has 0 spiro atoms. The zero-order chi connectivity index (χ0) is 19.4. The van der Waals surface area contributed by atoms with Gasteiger partial charge in [-0.3, -0.25) is 0 Å². The number of halogens is 3. The summed E-state index contributed by atoms with van der Waals surface area (Å²) >= 11 is 0. The van der Waals surface area contributed by atoms with Crippen molar-refractivity contribution in [2.24, 2.45) is 4.99 Å². The van der Waals surface area contributed by atoms with Crippen LogP contribution >= 0.6 is 0 Å². The highest BCUT2D eigenvalue weighted by molar-refractivity contribution is 6.23. The Morgan fingerprint density at radius 2 is 2.04 bits per heavy atom. The maximum Gasteiger partial charge on any atom is 0.433 e. The van der Waals surface area contributed by atoms with Crippen LogP contribution in [0.5, 0.6) is 5.75 Å². The van der Waals surface area contributed by atoms with Crippen molar-refractivity contribution < 1.29 is 17.9 Å². The van der Waals surface area contributed by atoms with Gasteiger partial charge in [-0.15, -0.1) is 0 Å². The molecule has 0 aliphatic carbocycles. The number of nitrogens with zero attached hydrogens (tertiary/aromatic N) is 2. The fourth-order valence-electron chi connectivity index (χ4n) is 2.66. The van der Waals surface area contributed by atoms with E-state index in [-0.39, 0.29) is 11.6 Å². The first-order valence-corrected chi connectivity index (χ1v) is 8.07. The van der Waals surface area contributed by atoms with Gasteiger partial charge >= 0.3 is 6.18 Å². The summed E-state index contributed by atoms with van der Waals surface area (Å²) in [7, 11) is 0. The van der Waals surface area contributed by atoms with Crippen LogP contribution in [0.4, 0.5) is 13.2 Å². The molecule has 0 unspecified atom stereocenters. The number of hydrogen-bond donors (Lipinski definition) is 1. The second-order valence-electron chi connectivity index (χ2n) is 5.55. The monoisotopic (exact) mass is 371 g/mol. The van der Waals surface area contributed by atoms with Gasteiger partial charge < -0.3 is 9.72 Å². The van der Waals surface area contributed by atoms with Gasteiger partial charge in [-0.05, 0) is 30.5 Å². The third-order valence-corrected chi connectivity index (χ3v) is 3.85. The zero-order valence-electron chi connectivity index (χ0n) is 14.4. The number of benzene rings is 1. The Morgan fingerprint density at radius 1 is 1.22 bits per heavy atom. The van der Waals surface area contributed by atoms with Crippen molar-refractivity contribution >= 4 is 22.4 Å². The molecule has 1 aromatic carbocycles. The highest BCUT2D eigenvalue weighted by Gasteiger charge is 2.32. The zero-order valence-corrected chi connectivity index (χ0v) is 14.4. The Balaban J connectivity index is 1.96. The number of aromatic nitrogens is 2. The molecule has 1 N–H and O–H groups in total. The van der Waals surface area contributed by atoms with E-state index >= 15 is 0 Å². The highest BCUT2D eigenvalue weighted by atomic mass is 19.4. The van der Waals surface area contributed by atoms with E-state index < -0.39 is 11.9 Å². The van der Waals surface area contributed by atoms with Gasteiger partial charge in [0.25, 0.3) is 0 Å². The molecular formula is C20H16F3N3O. The van der Waals surface area contributed by atoms with Crippen LogP contribution in [0.3, 0.4) is 0 Å². The third kappa shape index (κ3) is 3.92. The molecule has 0 amide bonds. The Bertz CT molecular complexity index is 1010. The Kier molecular flexibility index (Phi) is 5.12. The molecule has 3 aromatic rings. The van der Waals surface area contributed by atoms with Gasteiger partial charge in [0.15, 0.2) is 0 Å². The van der Waals surface area contributed by atoms with Gasteiger partial charge in [0.1, 0.15) is 11.4 Å². The first kappa shape index (κ1) is 18.4. The van der Waals surface area contributed by atoms with E-state index in [1.54, 1.807) is 0 Å². The summed E-state index contributed by atoms with van der Waals surface area (Å²) < 4.78 is 43.7. The van der Waals surface area contributed by atoms with Crippen LogP contribution < -0.4 is 4.74 Å². The average Bonchev–Trinajstić information content (AvgIpc) is 3.12. The number of hydrogen-bond acceptors (Lipinski definition) is 3. The summed E-state index contributed by atoms with van der Waals surface area (Å²) in [6.45, 7) is 5.41. The molecule has 2 aromatic heterocycles. The molecule has 0 fully saturated rings. The Labute approximate surface area is 153 Å². The number of rotatable bonds is 4. The summed E-state index contributed by atoms with van der Waals surface area (Å²) in [5.74, 6) is 0.345. The first-order chi connectivity index (χ1) is 12.9. The number of para-hydroxylation sites is 1. The molecule has 4 nitrogen and oxygen atoms in total. The molecule has 0 saturated carbocycles. The van der Waals surface area contributed by atoms with E-state index in [0.717, 1.165) is 28.7 Å². The van der Waals surface area contributed by atoms with Crippen molar-refractivity contribution in [3.63, 3.8) is 0 Å². The minimum atomic E-state index is -4.51. The Hall–Kier alpha value is -3.35. The fraction of sp³-hybridized carbons (Fsp3) is 0.100. The SMILES string of the molecule is C=CN=C(Oc1ccc(C(F)(F)F)nc1)/C(=C\C)c1cccc2cc[nH]c12. The molecule has 0 aliphatic rings. The van der Waals surface area contributed by atoms with E-state index in [9.17, 15) is 13.2 Å². The lowest BCUT2D eigenvalue weighted by atomic mass is 10.0. The molecule has 0 bridgehead atoms. The number of ether oxygens (including phenoxy) is 1. The van der Waals surface area contributed by atoms with Crippen molar-refractivity contribution in [2.45, 2.75) is 13.1 Å². The second kappa shape index (κ2) is 7.49. The summed E-state index contributed by atoms with van der Waals surface area (Å²) in [5, 5.41) is 1.01. The van der Waals surface area contributed by atoms with E-state index in [1.807, 2.05) is 43.5 Å². The normalized spacial score (nSPS) is 13.0. The van der Waals surface area contributed by atoms with E-state index in [4.69, 9.17) is 4.74 Å². The molecule has 0 radical (unpaired) electrons. The van der Waals surface area contributed by atoms with Crippen molar-refractivity contribution in [1.29, 1.82) is 0 Å². The largest absolute Gasteiger partial charge is 0.437 e. The fourth-order valence-corrected chi connectivity index (χ4v) is 2.66. The number of aliphatic imine (C=N–C) groups is 1. The number of nitrogens with one attached hydrogen (secondary N) is 1. The van der Waals surface area contributed by atoms with E-state index in [0.29, 0.717) is 5.57 Å². The molecule has 138 valence electrons. The molecule has 27 heavy (non-hydrogen) atoms. The van der Waals surface area contributed by atoms with Crippen LogP contribution in [0.2, 0.25) is 0 Å². The van der Waals surface area contributed by atoms with E-state index in [2.05, 4.69) is 21.5 Å². The summed E-state index contributed by atoms with van der Waals surface area (Å²) in [6, 6.07) is 9.78. The second-order valence-corrected chi connectivity index (χ2v) is 5.55. The predicted molar refractivity (Wildman–Crippen MR) is 99.4 cm³/mol. The topological polar surface area (TPSA) is 50.3 Å². The standard InChI is InChI=1S/C20H16F3N3O/c1-3-15(16-7-5-6-13-10-11-25-18(13)16)19(24-4-2)27-14-8-9-17(26-12-14)20(21,22)23/h3-12,25H,2H2,1H3/b15-3-,24-19?. The molecule has 0 saturated heterocycles. The van der Waals surface area contributed by atoms with Crippen molar-refractivity contribution in [1.82, 2.24) is 9.97 Å². The third-order valence-electron chi connectivity index (χ3n) is 3.85. The smallest absolute Gasteiger partial charge is 0.433 e. The summed E-state index contributed by atoms with van der Waals surface area (Å²) in [6.07, 6.45) is 1.46. The lowest BCUT2D eigenvalue weighted by Gasteiger charge is -2.13. The molecule has 0 aliphatic heterocycles. The van der Waals surface area contributed by atoms with Gasteiger partial charge in [0, 0.05) is 23.5 Å². The van der Waals surface area contributed by atoms with Crippen LogP contribution in [0.15, 0.2) is 72.6 Å². The maximum atomic E-state index is 12.7. The van der Waals surface area contributed by atoms with Gasteiger partial charge in [-0.1, -0.05) is 30.9 Å². The van der Waals surface area contributed by atoms with Gasteiger partial charge in [-0.2, -0.15) is 13.2 Å². The number of alkyl halides is 3. The van der Waals surface area contributed by atoms with Crippen molar-refractivity contribution in [3.05, 3.63) is 78.9 Å². The quantitative estimate of drug-likeness (QED) is 0.479. The van der Waals surface area contributed by atoms with Gasteiger partial charge in [0.05, 0.1) is 11.7 Å². The number of pyridine rings is 1. The number of H-pyrrole nitrogens is 1. The van der Waals surface area contributed by atoms with Crippen LogP contribution in [-0.2, 0) is 6.18 Å².